The molecule has 4 nitrogen and oxygen atoms in total. The van der Waals surface area contributed by atoms with E-state index in [0.717, 1.165) is 10.9 Å². The maximum atomic E-state index is 11.0. The lowest BCUT2D eigenvalue weighted by Crippen LogP contribution is -2.00. The van der Waals surface area contributed by atoms with E-state index in [4.69, 9.17) is 16.3 Å². The van der Waals surface area contributed by atoms with Gasteiger partial charge in [-0.05, 0) is 29.8 Å². The number of rotatable bonds is 5. The second-order valence-corrected chi connectivity index (χ2v) is 5.09. The lowest BCUT2D eigenvalue weighted by molar-refractivity contribution is -0.385. The van der Waals surface area contributed by atoms with Gasteiger partial charge in [0.15, 0.2) is 0 Å². The van der Waals surface area contributed by atoms with Crippen LogP contribution in [0, 0.1) is 10.1 Å². The van der Waals surface area contributed by atoms with Crippen molar-refractivity contribution in [2.75, 3.05) is 0 Å². The zero-order valence-corrected chi connectivity index (χ0v) is 12.7. The highest BCUT2D eigenvalue weighted by Gasteiger charge is 2.14. The molecule has 0 unspecified atom stereocenters. The summed E-state index contributed by atoms with van der Waals surface area (Å²) in [4.78, 5) is 10.5. The number of alkyl halides is 1. The number of nitrogens with zero attached hydrogens (tertiary/aromatic N) is 1. The molecule has 104 valence electrons. The Labute approximate surface area is 129 Å². The summed E-state index contributed by atoms with van der Waals surface area (Å²) in [5.41, 5.74) is 1.59. The zero-order chi connectivity index (χ0) is 14.5. The summed E-state index contributed by atoms with van der Waals surface area (Å²) in [6.07, 6.45) is 0. The van der Waals surface area contributed by atoms with E-state index in [9.17, 15) is 10.1 Å². The van der Waals surface area contributed by atoms with Crippen LogP contribution in [0.1, 0.15) is 11.1 Å². The first-order valence-electron chi connectivity index (χ1n) is 5.80. The van der Waals surface area contributed by atoms with Crippen molar-refractivity contribution >= 4 is 33.2 Å². The minimum absolute atomic E-state index is 0.0328. The largest absolute Gasteiger partial charge is 0.489 e. The van der Waals surface area contributed by atoms with Crippen LogP contribution >= 0.6 is 27.5 Å². The van der Waals surface area contributed by atoms with Crippen molar-refractivity contribution < 1.29 is 9.66 Å². The number of benzene rings is 2. The number of hydrogen-bond donors (Lipinski definition) is 0. The summed E-state index contributed by atoms with van der Waals surface area (Å²) in [5, 5.41) is 12.1. The lowest BCUT2D eigenvalue weighted by Gasteiger charge is -2.07. The molecule has 0 N–H and O–H groups in total. The molecule has 0 aromatic heterocycles. The first kappa shape index (κ1) is 14.8. The van der Waals surface area contributed by atoms with Crippen LogP contribution in [0.3, 0.4) is 0 Å². The molecule has 2 aromatic rings. The maximum absolute atomic E-state index is 11.0. The van der Waals surface area contributed by atoms with Gasteiger partial charge in [-0.2, -0.15) is 0 Å². The van der Waals surface area contributed by atoms with Gasteiger partial charge in [-0.15, -0.1) is 0 Å². The van der Waals surface area contributed by atoms with Gasteiger partial charge in [0.1, 0.15) is 12.4 Å². The molecule has 0 spiro atoms. The fourth-order valence-corrected chi connectivity index (χ4v) is 2.21. The standard InChI is InChI=1S/C14H11BrClNO3/c15-8-10-1-5-13(6-2-10)20-9-11-3-4-12(16)7-14(11)17(18)19/h1-7H,8-9H2. The third-order valence-electron chi connectivity index (χ3n) is 2.72. The van der Waals surface area contributed by atoms with E-state index in [2.05, 4.69) is 15.9 Å². The Kier molecular flexibility index (Phi) is 4.98. The molecular weight excluding hydrogens is 346 g/mol. The zero-order valence-electron chi connectivity index (χ0n) is 10.4. The molecule has 0 atom stereocenters. The van der Waals surface area contributed by atoms with Crippen molar-refractivity contribution in [3.05, 3.63) is 68.7 Å². The number of nitro groups is 1. The summed E-state index contributed by atoms with van der Waals surface area (Å²) < 4.78 is 5.56. The Morgan fingerprint density at radius 3 is 2.50 bits per heavy atom. The fourth-order valence-electron chi connectivity index (χ4n) is 1.66. The summed E-state index contributed by atoms with van der Waals surface area (Å²) in [6.45, 7) is 0.126. The average molecular weight is 357 g/mol. The predicted octanol–water partition coefficient (Wildman–Crippen LogP) is 4.72. The molecule has 0 heterocycles. The summed E-state index contributed by atoms with van der Waals surface area (Å²) in [6, 6.07) is 12.1. The van der Waals surface area contributed by atoms with Crippen LogP contribution in [0.5, 0.6) is 5.75 Å². The highest BCUT2D eigenvalue weighted by Crippen LogP contribution is 2.25. The van der Waals surface area contributed by atoms with Crippen molar-refractivity contribution in [3.63, 3.8) is 0 Å². The first-order valence-corrected chi connectivity index (χ1v) is 7.30. The molecule has 6 heteroatoms. The van der Waals surface area contributed by atoms with Gasteiger partial charge in [0.05, 0.1) is 10.5 Å². The molecule has 0 fully saturated rings. The minimum atomic E-state index is -0.460. The SMILES string of the molecule is O=[N+]([O-])c1cc(Cl)ccc1COc1ccc(CBr)cc1. The van der Waals surface area contributed by atoms with Gasteiger partial charge in [-0.1, -0.05) is 39.7 Å². The first-order chi connectivity index (χ1) is 9.60. The van der Waals surface area contributed by atoms with Crippen LogP contribution in [0.2, 0.25) is 5.02 Å². The summed E-state index contributed by atoms with van der Waals surface area (Å²) in [7, 11) is 0. The predicted molar refractivity (Wildman–Crippen MR) is 81.5 cm³/mol. The Hall–Kier alpha value is -1.59. The Balaban J connectivity index is 2.12. The van der Waals surface area contributed by atoms with E-state index in [1.165, 1.54) is 6.07 Å². The molecule has 20 heavy (non-hydrogen) atoms. The molecule has 0 bridgehead atoms. The molecule has 0 amide bonds. The maximum Gasteiger partial charge on any atom is 0.277 e. The number of hydrogen-bond acceptors (Lipinski definition) is 3. The number of nitro benzene ring substituents is 1. The minimum Gasteiger partial charge on any atom is -0.489 e. The smallest absolute Gasteiger partial charge is 0.277 e. The van der Waals surface area contributed by atoms with Gasteiger partial charge in [0, 0.05) is 16.4 Å². The summed E-state index contributed by atoms with van der Waals surface area (Å²) >= 11 is 9.12. The second kappa shape index (κ2) is 6.72. The number of halogens is 2. The van der Waals surface area contributed by atoms with Crippen LogP contribution in [0.4, 0.5) is 5.69 Å². The lowest BCUT2D eigenvalue weighted by atomic mass is 10.2. The Morgan fingerprint density at radius 2 is 1.90 bits per heavy atom. The van der Waals surface area contributed by atoms with E-state index in [1.54, 1.807) is 12.1 Å². The van der Waals surface area contributed by atoms with Gasteiger partial charge in [0.25, 0.3) is 5.69 Å². The molecule has 0 saturated carbocycles. The molecule has 0 aliphatic carbocycles. The fraction of sp³-hybridized carbons (Fsp3) is 0.143. The second-order valence-electron chi connectivity index (χ2n) is 4.10. The van der Waals surface area contributed by atoms with Gasteiger partial charge in [0.2, 0.25) is 0 Å². The van der Waals surface area contributed by atoms with Crippen molar-refractivity contribution in [3.8, 4) is 5.75 Å². The quantitative estimate of drug-likeness (QED) is 0.442. The summed E-state index contributed by atoms with van der Waals surface area (Å²) in [5.74, 6) is 0.666. The van der Waals surface area contributed by atoms with E-state index >= 15 is 0 Å². The molecule has 0 aliphatic heterocycles. The van der Waals surface area contributed by atoms with Crippen molar-refractivity contribution in [2.45, 2.75) is 11.9 Å². The van der Waals surface area contributed by atoms with Crippen LogP contribution < -0.4 is 4.74 Å². The van der Waals surface area contributed by atoms with E-state index in [-0.39, 0.29) is 12.3 Å². The molecule has 0 aliphatic rings. The molecule has 2 rings (SSSR count). The Morgan fingerprint density at radius 1 is 1.20 bits per heavy atom. The monoisotopic (exact) mass is 355 g/mol. The van der Waals surface area contributed by atoms with Gasteiger partial charge in [-0.25, -0.2) is 0 Å². The van der Waals surface area contributed by atoms with E-state index < -0.39 is 4.92 Å². The third kappa shape index (κ3) is 3.71. The Bertz CT molecular complexity index is 616. The van der Waals surface area contributed by atoms with E-state index in [0.29, 0.717) is 16.3 Å². The van der Waals surface area contributed by atoms with Crippen LogP contribution in [0.15, 0.2) is 42.5 Å². The highest BCUT2D eigenvalue weighted by atomic mass is 79.9. The highest BCUT2D eigenvalue weighted by molar-refractivity contribution is 9.08. The van der Waals surface area contributed by atoms with Crippen molar-refractivity contribution in [2.24, 2.45) is 0 Å². The molecular formula is C14H11BrClNO3. The van der Waals surface area contributed by atoms with Gasteiger partial charge < -0.3 is 4.74 Å². The van der Waals surface area contributed by atoms with Crippen LogP contribution in [-0.2, 0) is 11.9 Å². The molecule has 0 saturated heterocycles. The van der Waals surface area contributed by atoms with E-state index in [1.807, 2.05) is 24.3 Å². The third-order valence-corrected chi connectivity index (χ3v) is 3.60. The van der Waals surface area contributed by atoms with Crippen LogP contribution in [-0.4, -0.2) is 4.92 Å². The molecule has 0 radical (unpaired) electrons. The van der Waals surface area contributed by atoms with Crippen molar-refractivity contribution in [1.29, 1.82) is 0 Å². The van der Waals surface area contributed by atoms with Crippen LogP contribution in [0.25, 0.3) is 0 Å². The average Bonchev–Trinajstić information content (AvgIpc) is 2.46. The van der Waals surface area contributed by atoms with Crippen molar-refractivity contribution in [1.82, 2.24) is 0 Å². The number of ether oxygens (including phenoxy) is 1. The van der Waals surface area contributed by atoms with Gasteiger partial charge in [-0.3, -0.25) is 10.1 Å². The molecule has 2 aromatic carbocycles. The van der Waals surface area contributed by atoms with Gasteiger partial charge >= 0.3 is 0 Å². The normalized spacial score (nSPS) is 10.3. The topological polar surface area (TPSA) is 52.4 Å².